The highest BCUT2D eigenvalue weighted by Gasteiger charge is 2.50. The highest BCUT2D eigenvalue weighted by molar-refractivity contribution is 5.69. The number of hydrogen-bond donors (Lipinski definition) is 1. The summed E-state index contributed by atoms with van der Waals surface area (Å²) in [4.78, 5) is 14.4. The van der Waals surface area contributed by atoms with Crippen molar-refractivity contribution in [2.45, 2.75) is 70.6 Å². The highest BCUT2D eigenvalue weighted by atomic mass is 16.6. The van der Waals surface area contributed by atoms with Gasteiger partial charge in [0.15, 0.2) is 0 Å². The second kappa shape index (κ2) is 5.26. The zero-order chi connectivity index (χ0) is 16.9. The van der Waals surface area contributed by atoms with Gasteiger partial charge >= 0.3 is 6.09 Å². The van der Waals surface area contributed by atoms with Crippen molar-refractivity contribution in [1.29, 1.82) is 0 Å². The summed E-state index contributed by atoms with van der Waals surface area (Å²) in [5.74, 6) is 1.06. The summed E-state index contributed by atoms with van der Waals surface area (Å²) in [6, 6.07) is 2.07. The standard InChI is InChI=1S/C18H28N2O3/c1-16(2,3)23-15(21)20-10-8-18(12-17(20,4)5)14-13(6-9-19-18)7-11-22-14/h7,11,19H,6,8-10,12H2,1-5H3. The molecule has 1 atom stereocenters. The Hall–Kier alpha value is -1.49. The largest absolute Gasteiger partial charge is 0.467 e. The van der Waals surface area contributed by atoms with Crippen LogP contribution >= 0.6 is 0 Å². The van der Waals surface area contributed by atoms with E-state index in [4.69, 9.17) is 9.15 Å². The summed E-state index contributed by atoms with van der Waals surface area (Å²) >= 11 is 0. The minimum absolute atomic E-state index is 0.168. The lowest BCUT2D eigenvalue weighted by molar-refractivity contribution is -0.0285. The van der Waals surface area contributed by atoms with Gasteiger partial charge in [-0.1, -0.05) is 0 Å². The Morgan fingerprint density at radius 1 is 1.39 bits per heavy atom. The van der Waals surface area contributed by atoms with E-state index in [9.17, 15) is 4.79 Å². The minimum atomic E-state index is -0.473. The van der Waals surface area contributed by atoms with Gasteiger partial charge in [0.25, 0.3) is 0 Å². The number of nitrogens with zero attached hydrogens (tertiary/aromatic N) is 1. The molecular weight excluding hydrogens is 292 g/mol. The maximum atomic E-state index is 12.6. The Balaban J connectivity index is 1.83. The van der Waals surface area contributed by atoms with Crippen molar-refractivity contribution in [1.82, 2.24) is 10.2 Å². The average Bonchev–Trinajstić information content (AvgIpc) is 2.85. The topological polar surface area (TPSA) is 54.7 Å². The maximum Gasteiger partial charge on any atom is 0.410 e. The first-order valence-corrected chi connectivity index (χ1v) is 8.46. The van der Waals surface area contributed by atoms with Crippen molar-refractivity contribution in [2.75, 3.05) is 13.1 Å². The third-order valence-corrected chi connectivity index (χ3v) is 4.88. The van der Waals surface area contributed by atoms with E-state index in [0.717, 1.165) is 31.6 Å². The Kier molecular flexibility index (Phi) is 3.75. The van der Waals surface area contributed by atoms with Crippen molar-refractivity contribution in [2.24, 2.45) is 0 Å². The molecule has 1 saturated heterocycles. The van der Waals surface area contributed by atoms with Crippen LogP contribution < -0.4 is 5.32 Å². The first-order valence-electron chi connectivity index (χ1n) is 8.46. The number of piperidine rings is 1. The number of carbonyl (C=O) groups excluding carboxylic acids is 1. The van der Waals surface area contributed by atoms with Gasteiger partial charge < -0.3 is 19.4 Å². The molecule has 23 heavy (non-hydrogen) atoms. The minimum Gasteiger partial charge on any atom is -0.467 e. The van der Waals surface area contributed by atoms with Crippen molar-refractivity contribution in [3.63, 3.8) is 0 Å². The number of hydrogen-bond acceptors (Lipinski definition) is 4. The molecule has 1 amide bonds. The summed E-state index contributed by atoms with van der Waals surface area (Å²) in [6.45, 7) is 11.5. The van der Waals surface area contributed by atoms with Crippen molar-refractivity contribution >= 4 is 6.09 Å². The van der Waals surface area contributed by atoms with Crippen LogP contribution in [0.2, 0.25) is 0 Å². The molecule has 1 spiro atoms. The highest BCUT2D eigenvalue weighted by Crippen LogP contribution is 2.44. The Morgan fingerprint density at radius 2 is 2.13 bits per heavy atom. The van der Waals surface area contributed by atoms with Crippen LogP contribution in [0.5, 0.6) is 0 Å². The molecule has 3 heterocycles. The number of furan rings is 1. The van der Waals surface area contributed by atoms with Crippen LogP contribution in [-0.4, -0.2) is 35.2 Å². The van der Waals surface area contributed by atoms with E-state index in [2.05, 4.69) is 25.2 Å². The molecule has 1 fully saturated rings. The van der Waals surface area contributed by atoms with E-state index in [1.807, 2.05) is 25.7 Å². The summed E-state index contributed by atoms with van der Waals surface area (Å²) in [5.41, 5.74) is 0.360. The maximum absolute atomic E-state index is 12.6. The predicted molar refractivity (Wildman–Crippen MR) is 88.3 cm³/mol. The number of ether oxygens (including phenoxy) is 1. The monoisotopic (exact) mass is 320 g/mol. The van der Waals surface area contributed by atoms with Gasteiger partial charge in [-0.05, 0) is 65.5 Å². The van der Waals surface area contributed by atoms with Crippen LogP contribution in [0.1, 0.15) is 58.8 Å². The third kappa shape index (κ3) is 2.99. The normalized spacial score (nSPS) is 26.9. The predicted octanol–water partition coefficient (Wildman–Crippen LogP) is 3.43. The van der Waals surface area contributed by atoms with Gasteiger partial charge in [-0.25, -0.2) is 4.79 Å². The molecule has 1 aromatic rings. The van der Waals surface area contributed by atoms with Gasteiger partial charge in [0.1, 0.15) is 11.4 Å². The van der Waals surface area contributed by atoms with Crippen LogP contribution in [0.25, 0.3) is 0 Å². The fourth-order valence-electron chi connectivity index (χ4n) is 4.00. The van der Waals surface area contributed by atoms with Crippen molar-refractivity contribution in [3.8, 4) is 0 Å². The quantitative estimate of drug-likeness (QED) is 0.796. The molecule has 0 aliphatic carbocycles. The van der Waals surface area contributed by atoms with Crippen molar-refractivity contribution in [3.05, 3.63) is 23.7 Å². The second-order valence-corrected chi connectivity index (χ2v) is 8.41. The molecule has 128 valence electrons. The summed E-state index contributed by atoms with van der Waals surface area (Å²) in [6.07, 6.45) is 4.22. The number of fused-ring (bicyclic) bond motifs is 2. The average molecular weight is 320 g/mol. The number of nitrogens with one attached hydrogen (secondary N) is 1. The van der Waals surface area contributed by atoms with Crippen LogP contribution in [0, 0.1) is 0 Å². The zero-order valence-corrected chi connectivity index (χ0v) is 14.9. The third-order valence-electron chi connectivity index (χ3n) is 4.88. The molecule has 2 aliphatic heterocycles. The molecule has 1 unspecified atom stereocenters. The molecule has 5 nitrogen and oxygen atoms in total. The van der Waals surface area contributed by atoms with Gasteiger partial charge in [-0.15, -0.1) is 0 Å². The van der Waals surface area contributed by atoms with Crippen LogP contribution in [0.3, 0.4) is 0 Å². The molecule has 1 N–H and O–H groups in total. The van der Waals surface area contributed by atoms with Crippen LogP contribution in [-0.2, 0) is 16.7 Å². The number of likely N-dealkylation sites (tertiary alicyclic amines) is 1. The van der Waals surface area contributed by atoms with Crippen LogP contribution in [0.4, 0.5) is 4.79 Å². The summed E-state index contributed by atoms with van der Waals surface area (Å²) in [7, 11) is 0. The zero-order valence-electron chi connectivity index (χ0n) is 14.9. The molecule has 0 bridgehead atoms. The van der Waals surface area contributed by atoms with Gasteiger partial charge in [-0.3, -0.25) is 0 Å². The molecular formula is C18H28N2O3. The van der Waals surface area contributed by atoms with Gasteiger partial charge in [0.2, 0.25) is 0 Å². The lowest BCUT2D eigenvalue weighted by atomic mass is 9.73. The lowest BCUT2D eigenvalue weighted by Crippen LogP contribution is -2.62. The molecule has 3 rings (SSSR count). The van der Waals surface area contributed by atoms with E-state index in [-0.39, 0.29) is 17.2 Å². The van der Waals surface area contributed by atoms with Gasteiger partial charge in [0.05, 0.1) is 11.8 Å². The molecule has 5 heteroatoms. The number of amides is 1. The van der Waals surface area contributed by atoms with Gasteiger partial charge in [0, 0.05) is 18.6 Å². The fourth-order valence-corrected chi connectivity index (χ4v) is 4.00. The van der Waals surface area contributed by atoms with Gasteiger partial charge in [-0.2, -0.15) is 0 Å². The molecule has 1 aromatic heterocycles. The van der Waals surface area contributed by atoms with Crippen molar-refractivity contribution < 1.29 is 13.9 Å². The van der Waals surface area contributed by atoms with E-state index >= 15 is 0 Å². The summed E-state index contributed by atoms with van der Waals surface area (Å²) < 4.78 is 11.4. The fraction of sp³-hybridized carbons (Fsp3) is 0.722. The SMILES string of the molecule is CC(C)(C)OC(=O)N1CCC2(CC1(C)C)NCCc1ccoc12. The van der Waals surface area contributed by atoms with E-state index in [1.165, 1.54) is 5.56 Å². The number of rotatable bonds is 0. The molecule has 0 aromatic carbocycles. The Morgan fingerprint density at radius 3 is 2.78 bits per heavy atom. The second-order valence-electron chi connectivity index (χ2n) is 8.41. The Bertz CT molecular complexity index is 600. The molecule has 0 saturated carbocycles. The first-order chi connectivity index (χ1) is 10.6. The Labute approximate surface area is 138 Å². The first kappa shape index (κ1) is 16.4. The van der Waals surface area contributed by atoms with Crippen LogP contribution in [0.15, 0.2) is 16.7 Å². The summed E-state index contributed by atoms with van der Waals surface area (Å²) in [5, 5.41) is 3.67. The molecule has 0 radical (unpaired) electrons. The number of carbonyl (C=O) groups is 1. The van der Waals surface area contributed by atoms with E-state index in [0.29, 0.717) is 6.54 Å². The lowest BCUT2D eigenvalue weighted by Gasteiger charge is -2.52. The smallest absolute Gasteiger partial charge is 0.410 e. The molecule has 2 aliphatic rings. The van der Waals surface area contributed by atoms with E-state index in [1.54, 1.807) is 6.26 Å². The van der Waals surface area contributed by atoms with E-state index < -0.39 is 5.60 Å².